The Morgan fingerprint density at radius 3 is 2.64 bits per heavy atom. The minimum Gasteiger partial charge on any atom is -0.480 e. The number of likely N-dealkylation sites (tertiary alicyclic amines) is 1. The smallest absolute Gasteiger partial charge is 0.480 e. The highest BCUT2D eigenvalue weighted by Crippen LogP contribution is 2.34. The van der Waals surface area contributed by atoms with Crippen LogP contribution < -0.4 is 5.73 Å². The number of carbonyl (C=O) groups excluding carboxylic acids is 1. The number of unbranched alkanes of at least 4 members (excludes halogenated alkanes) is 1. The summed E-state index contributed by atoms with van der Waals surface area (Å²) in [5.74, 6) is -2.80. The number of aliphatic carboxylic acids is 1. The number of carbonyl (C=O) groups is 2. The zero-order chi connectivity index (χ0) is 20.5. The molecule has 4 atom stereocenters. The van der Waals surface area contributed by atoms with Gasteiger partial charge >= 0.3 is 14.0 Å². The van der Waals surface area contributed by atoms with Crippen LogP contribution in [0, 0.1) is 0 Å². The molecule has 0 bridgehead atoms. The van der Waals surface area contributed by atoms with Crippen molar-refractivity contribution in [2.24, 2.45) is 5.73 Å². The maximum atomic E-state index is 12.9. The van der Waals surface area contributed by atoms with Crippen molar-refractivity contribution in [3.63, 3.8) is 0 Å². The summed E-state index contributed by atoms with van der Waals surface area (Å²) >= 11 is 0. The number of carboxylic acids is 1. The predicted molar refractivity (Wildman–Crippen MR) is 104 cm³/mol. The molecule has 2 rings (SSSR count). The molecule has 0 aromatic heterocycles. The number of nitrogens with zero attached hydrogens (tertiary/aromatic N) is 1. The van der Waals surface area contributed by atoms with Crippen LogP contribution in [0.25, 0.3) is 0 Å². The standard InChI is InChI=1S/C19H27N2O6P/c20-11-5-4-10-16(18(23)21-12-6-9-15(21)19(24)25)27-28(26)17(22)13-14-7-2-1-3-8-14/h1-3,7-8,15-17,22H,4-6,9-13,20H2/p+1/t15-,16?,17-/m0/s1. The van der Waals surface area contributed by atoms with E-state index in [9.17, 15) is 24.4 Å². The predicted octanol–water partition coefficient (Wildman–Crippen LogP) is 1.88. The summed E-state index contributed by atoms with van der Waals surface area (Å²) in [5, 5.41) is 19.5. The molecule has 1 fully saturated rings. The van der Waals surface area contributed by atoms with Gasteiger partial charge in [-0.3, -0.25) is 4.79 Å². The van der Waals surface area contributed by atoms with Crippen LogP contribution in [0.3, 0.4) is 0 Å². The molecule has 1 aliphatic rings. The largest absolute Gasteiger partial charge is 0.541 e. The monoisotopic (exact) mass is 411 g/mol. The first-order valence-electron chi connectivity index (χ1n) is 9.52. The number of hydrogen-bond donors (Lipinski definition) is 3. The summed E-state index contributed by atoms with van der Waals surface area (Å²) < 4.78 is 18.0. The molecule has 1 amide bonds. The lowest BCUT2D eigenvalue weighted by Crippen LogP contribution is -2.46. The van der Waals surface area contributed by atoms with Crippen molar-refractivity contribution in [1.82, 2.24) is 4.90 Å². The molecule has 1 heterocycles. The summed E-state index contributed by atoms with van der Waals surface area (Å²) in [4.78, 5) is 25.5. The zero-order valence-electron chi connectivity index (χ0n) is 15.8. The Kier molecular flexibility index (Phi) is 8.99. The van der Waals surface area contributed by atoms with E-state index in [0.29, 0.717) is 38.8 Å². The minimum absolute atomic E-state index is 0.140. The second-order valence-electron chi connectivity index (χ2n) is 6.86. The van der Waals surface area contributed by atoms with Crippen LogP contribution >= 0.6 is 8.03 Å². The van der Waals surface area contributed by atoms with Gasteiger partial charge in [0.25, 0.3) is 11.8 Å². The van der Waals surface area contributed by atoms with Gasteiger partial charge in [-0.2, -0.15) is 0 Å². The average molecular weight is 411 g/mol. The SMILES string of the molecule is NCCCCC(O[P+](=O)[C@H](O)Cc1ccccc1)C(=O)N1CCC[C@H]1C(=O)O. The number of aliphatic hydroxyl groups excluding tert-OH is 1. The second-order valence-corrected chi connectivity index (χ2v) is 8.24. The Hall–Kier alpha value is -1.86. The number of rotatable bonds is 11. The summed E-state index contributed by atoms with van der Waals surface area (Å²) in [6.45, 7) is 0.779. The molecule has 28 heavy (non-hydrogen) atoms. The van der Waals surface area contributed by atoms with Crippen molar-refractivity contribution < 1.29 is 28.9 Å². The first-order chi connectivity index (χ1) is 13.4. The van der Waals surface area contributed by atoms with Crippen molar-refractivity contribution in [2.75, 3.05) is 13.1 Å². The maximum Gasteiger partial charge on any atom is 0.541 e. The summed E-state index contributed by atoms with van der Waals surface area (Å²) in [6.07, 6.45) is 1.59. The molecule has 1 aromatic rings. The quantitative estimate of drug-likeness (QED) is 0.374. The first-order valence-corrected chi connectivity index (χ1v) is 10.8. The highest BCUT2D eigenvalue weighted by atomic mass is 31.1. The number of benzene rings is 1. The third-order valence-electron chi connectivity index (χ3n) is 4.75. The Labute approximate surface area is 165 Å². The van der Waals surface area contributed by atoms with E-state index in [1.807, 2.05) is 18.2 Å². The van der Waals surface area contributed by atoms with Gasteiger partial charge < -0.3 is 20.8 Å². The van der Waals surface area contributed by atoms with E-state index in [2.05, 4.69) is 0 Å². The van der Waals surface area contributed by atoms with Crippen molar-refractivity contribution in [3.05, 3.63) is 35.9 Å². The molecule has 1 aromatic carbocycles. The van der Waals surface area contributed by atoms with Crippen LogP contribution in [0.2, 0.25) is 0 Å². The van der Waals surface area contributed by atoms with Gasteiger partial charge in [0.15, 0.2) is 6.10 Å². The van der Waals surface area contributed by atoms with E-state index in [1.54, 1.807) is 12.1 Å². The summed E-state index contributed by atoms with van der Waals surface area (Å²) in [5.41, 5.74) is 6.30. The van der Waals surface area contributed by atoms with Crippen LogP contribution in [0.15, 0.2) is 30.3 Å². The van der Waals surface area contributed by atoms with Crippen LogP contribution in [0.1, 0.15) is 37.7 Å². The molecule has 4 N–H and O–H groups in total. The zero-order valence-corrected chi connectivity index (χ0v) is 16.7. The molecule has 1 aliphatic heterocycles. The van der Waals surface area contributed by atoms with E-state index in [1.165, 1.54) is 4.90 Å². The van der Waals surface area contributed by atoms with Gasteiger partial charge in [0.05, 0.1) is 0 Å². The van der Waals surface area contributed by atoms with E-state index in [0.717, 1.165) is 5.56 Å². The molecule has 154 valence electrons. The van der Waals surface area contributed by atoms with Gasteiger partial charge in [0.1, 0.15) is 6.04 Å². The maximum absolute atomic E-state index is 12.9. The molecule has 8 nitrogen and oxygen atoms in total. The number of aliphatic hydroxyl groups is 1. The van der Waals surface area contributed by atoms with Crippen LogP contribution in [-0.2, 0) is 25.1 Å². The molecule has 9 heteroatoms. The highest BCUT2D eigenvalue weighted by Gasteiger charge is 2.42. The average Bonchev–Trinajstić information content (AvgIpc) is 3.17. The first kappa shape index (κ1) is 22.4. The van der Waals surface area contributed by atoms with E-state index in [4.69, 9.17) is 10.3 Å². The van der Waals surface area contributed by atoms with Crippen LogP contribution in [0.5, 0.6) is 0 Å². The number of nitrogens with two attached hydrogens (primary N) is 1. The van der Waals surface area contributed by atoms with E-state index in [-0.39, 0.29) is 12.8 Å². The lowest BCUT2D eigenvalue weighted by Gasteiger charge is -2.24. The summed E-state index contributed by atoms with van der Waals surface area (Å²) in [7, 11) is -2.52. The number of carboxylic acid groups (broad SMARTS) is 1. The van der Waals surface area contributed by atoms with Gasteiger partial charge in [-0.1, -0.05) is 30.3 Å². The lowest BCUT2D eigenvalue weighted by molar-refractivity contribution is -0.151. The molecule has 0 spiro atoms. The molecule has 2 unspecified atom stereocenters. The molecular formula is C19H28N2O6P+. The van der Waals surface area contributed by atoms with Gasteiger partial charge in [-0.25, -0.2) is 4.79 Å². The van der Waals surface area contributed by atoms with E-state index < -0.39 is 37.9 Å². The normalized spacial score (nSPS) is 19.3. The molecule has 0 saturated carbocycles. The third kappa shape index (κ3) is 6.34. The van der Waals surface area contributed by atoms with Crippen molar-refractivity contribution >= 4 is 19.9 Å². The Balaban J connectivity index is 2.03. The topological polar surface area (TPSA) is 130 Å². The molecule has 0 aliphatic carbocycles. The van der Waals surface area contributed by atoms with Crippen molar-refractivity contribution in [3.8, 4) is 0 Å². The Morgan fingerprint density at radius 2 is 2.00 bits per heavy atom. The second kappa shape index (κ2) is 11.2. The highest BCUT2D eigenvalue weighted by molar-refractivity contribution is 7.39. The Morgan fingerprint density at radius 1 is 1.29 bits per heavy atom. The van der Waals surface area contributed by atoms with Gasteiger partial charge in [-0.05, 0) is 48.8 Å². The fourth-order valence-corrected chi connectivity index (χ4v) is 4.21. The number of amides is 1. The van der Waals surface area contributed by atoms with Crippen LogP contribution in [-0.4, -0.2) is 58.1 Å². The van der Waals surface area contributed by atoms with E-state index >= 15 is 0 Å². The number of hydrogen-bond acceptors (Lipinski definition) is 6. The third-order valence-corrected chi connectivity index (χ3v) is 5.88. The Bertz CT molecular complexity index is 672. The molecule has 1 saturated heterocycles. The fourth-order valence-electron chi connectivity index (χ4n) is 3.26. The van der Waals surface area contributed by atoms with Gasteiger partial charge in [0.2, 0.25) is 0 Å². The molecular weight excluding hydrogens is 383 g/mol. The lowest BCUT2D eigenvalue weighted by atomic mass is 10.1. The van der Waals surface area contributed by atoms with Crippen molar-refractivity contribution in [2.45, 2.75) is 56.5 Å². The van der Waals surface area contributed by atoms with Crippen molar-refractivity contribution in [1.29, 1.82) is 0 Å². The fraction of sp³-hybridized carbons (Fsp3) is 0.579. The van der Waals surface area contributed by atoms with Crippen LogP contribution in [0.4, 0.5) is 0 Å². The summed E-state index contributed by atoms with van der Waals surface area (Å²) in [6, 6.07) is 8.19. The van der Waals surface area contributed by atoms with Gasteiger partial charge in [0, 0.05) is 13.0 Å². The molecule has 0 radical (unpaired) electrons. The van der Waals surface area contributed by atoms with Gasteiger partial charge in [-0.15, -0.1) is 4.52 Å². The minimum atomic E-state index is -2.52.